The number of amides is 1. The minimum absolute atomic E-state index is 0.0318. The molecule has 1 aromatic carbocycles. The van der Waals surface area contributed by atoms with Gasteiger partial charge < -0.3 is 27.0 Å². The van der Waals surface area contributed by atoms with Crippen molar-refractivity contribution >= 4 is 22.6 Å². The molecular formula is C22H38N7O+. The number of rotatable bonds is 10. The Bertz CT molecular complexity index is 841. The van der Waals surface area contributed by atoms with E-state index < -0.39 is 6.04 Å². The molecule has 1 atom stereocenters. The number of benzene rings is 1. The Morgan fingerprint density at radius 2 is 1.77 bits per heavy atom. The van der Waals surface area contributed by atoms with Crippen molar-refractivity contribution in [1.82, 2.24) is 10.2 Å². The Morgan fingerprint density at radius 1 is 1.10 bits per heavy atom. The molecule has 30 heavy (non-hydrogen) atoms. The zero-order chi connectivity index (χ0) is 22.4. The highest BCUT2D eigenvalue weighted by molar-refractivity contribution is 5.95. The maximum atomic E-state index is 12.5. The monoisotopic (exact) mass is 416 g/mol. The molecule has 166 valence electrons. The van der Waals surface area contributed by atoms with E-state index in [-0.39, 0.29) is 11.3 Å². The number of carbonyl (C=O) groups is 1. The first-order valence-corrected chi connectivity index (χ1v) is 10.7. The highest BCUT2D eigenvalue weighted by Gasteiger charge is 2.21. The summed E-state index contributed by atoms with van der Waals surface area (Å²) in [4.78, 5) is 12.5. The highest BCUT2D eigenvalue weighted by atomic mass is 16.2. The molecule has 0 saturated heterocycles. The summed E-state index contributed by atoms with van der Waals surface area (Å²) in [5.74, 6) is 0.170. The molecule has 1 heterocycles. The van der Waals surface area contributed by atoms with E-state index in [1.54, 1.807) is 0 Å². The predicted octanol–water partition coefficient (Wildman–Crippen LogP) is 1.34. The second-order valence-corrected chi connectivity index (χ2v) is 9.36. The number of likely N-dealkylation sites (N-methyl/N-ethyl adjacent to an activating group) is 1. The SMILES string of the molecule is CC(C)(C)c1ccc2nnc(NC(=O)[C@H](N)CCC[N+](C)(CCN)CCN)cc2c1. The number of nitrogens with two attached hydrogens (primary N) is 3. The molecule has 0 saturated carbocycles. The Balaban J connectivity index is 1.98. The molecule has 1 aromatic heterocycles. The summed E-state index contributed by atoms with van der Waals surface area (Å²) in [5.41, 5.74) is 19.6. The van der Waals surface area contributed by atoms with Crippen molar-refractivity contribution < 1.29 is 9.28 Å². The van der Waals surface area contributed by atoms with Gasteiger partial charge in [0.15, 0.2) is 5.82 Å². The Labute approximate surface area is 179 Å². The average Bonchev–Trinajstić information content (AvgIpc) is 2.67. The summed E-state index contributed by atoms with van der Waals surface area (Å²) >= 11 is 0. The van der Waals surface area contributed by atoms with E-state index in [0.717, 1.165) is 41.4 Å². The molecule has 0 unspecified atom stereocenters. The van der Waals surface area contributed by atoms with Gasteiger partial charge in [0.05, 0.1) is 38.2 Å². The smallest absolute Gasteiger partial charge is 0.242 e. The predicted molar refractivity (Wildman–Crippen MR) is 123 cm³/mol. The van der Waals surface area contributed by atoms with E-state index in [0.29, 0.717) is 25.3 Å². The summed E-state index contributed by atoms with van der Waals surface area (Å²) in [7, 11) is 2.14. The fourth-order valence-corrected chi connectivity index (χ4v) is 3.57. The normalized spacial score (nSPS) is 13.4. The number of aromatic nitrogens is 2. The Kier molecular flexibility index (Phi) is 8.25. The van der Waals surface area contributed by atoms with Crippen LogP contribution in [-0.2, 0) is 10.2 Å². The lowest BCUT2D eigenvalue weighted by Crippen LogP contribution is -2.51. The topological polar surface area (TPSA) is 133 Å². The van der Waals surface area contributed by atoms with Gasteiger partial charge in [-0.1, -0.05) is 26.8 Å². The van der Waals surface area contributed by atoms with E-state index in [9.17, 15) is 4.79 Å². The van der Waals surface area contributed by atoms with Crippen LogP contribution in [0.4, 0.5) is 5.82 Å². The van der Waals surface area contributed by atoms with Crippen molar-refractivity contribution in [2.45, 2.75) is 45.1 Å². The van der Waals surface area contributed by atoms with Crippen LogP contribution < -0.4 is 22.5 Å². The molecule has 2 rings (SSSR count). The van der Waals surface area contributed by atoms with Gasteiger partial charge in [-0.2, -0.15) is 0 Å². The third-order valence-corrected chi connectivity index (χ3v) is 5.59. The van der Waals surface area contributed by atoms with Crippen molar-refractivity contribution in [3.63, 3.8) is 0 Å². The van der Waals surface area contributed by atoms with Crippen molar-refractivity contribution in [2.24, 2.45) is 17.2 Å². The molecule has 0 aliphatic carbocycles. The minimum Gasteiger partial charge on any atom is -0.326 e. The number of quaternary nitrogens is 1. The molecular weight excluding hydrogens is 378 g/mol. The molecule has 0 bridgehead atoms. The molecule has 1 amide bonds. The molecule has 0 aliphatic rings. The van der Waals surface area contributed by atoms with Crippen LogP contribution in [0.25, 0.3) is 10.9 Å². The maximum Gasteiger partial charge on any atom is 0.242 e. The van der Waals surface area contributed by atoms with Crippen LogP contribution in [0.3, 0.4) is 0 Å². The lowest BCUT2D eigenvalue weighted by molar-refractivity contribution is -0.907. The van der Waals surface area contributed by atoms with Crippen LogP contribution in [0.2, 0.25) is 0 Å². The summed E-state index contributed by atoms with van der Waals surface area (Å²) in [6.07, 6.45) is 1.41. The van der Waals surface area contributed by atoms with Gasteiger partial charge in [-0.25, -0.2) is 0 Å². The molecule has 7 N–H and O–H groups in total. The number of nitrogens with one attached hydrogen (secondary N) is 1. The van der Waals surface area contributed by atoms with E-state index in [1.165, 1.54) is 5.56 Å². The third-order valence-electron chi connectivity index (χ3n) is 5.59. The Hall–Kier alpha value is -2.13. The van der Waals surface area contributed by atoms with E-state index in [2.05, 4.69) is 55.5 Å². The lowest BCUT2D eigenvalue weighted by atomic mass is 9.86. The molecule has 0 fully saturated rings. The number of anilines is 1. The first-order valence-electron chi connectivity index (χ1n) is 10.7. The van der Waals surface area contributed by atoms with E-state index >= 15 is 0 Å². The van der Waals surface area contributed by atoms with Crippen LogP contribution in [0.15, 0.2) is 24.3 Å². The van der Waals surface area contributed by atoms with Crippen LogP contribution in [0.1, 0.15) is 39.2 Å². The number of fused-ring (bicyclic) bond motifs is 1. The van der Waals surface area contributed by atoms with Gasteiger partial charge in [0.25, 0.3) is 0 Å². The first kappa shape index (κ1) is 24.1. The van der Waals surface area contributed by atoms with Crippen LogP contribution in [-0.4, -0.2) is 66.4 Å². The van der Waals surface area contributed by atoms with Gasteiger partial charge in [-0.05, 0) is 42.0 Å². The quantitative estimate of drug-likeness (QED) is 0.432. The summed E-state index contributed by atoms with van der Waals surface area (Å²) < 4.78 is 0.799. The lowest BCUT2D eigenvalue weighted by Gasteiger charge is -2.34. The van der Waals surface area contributed by atoms with Crippen molar-refractivity contribution in [2.75, 3.05) is 45.1 Å². The summed E-state index contributed by atoms with van der Waals surface area (Å²) in [5, 5.41) is 12.1. The van der Waals surface area contributed by atoms with E-state index in [1.807, 2.05) is 12.1 Å². The van der Waals surface area contributed by atoms with Crippen LogP contribution >= 0.6 is 0 Å². The van der Waals surface area contributed by atoms with Gasteiger partial charge >= 0.3 is 0 Å². The van der Waals surface area contributed by atoms with E-state index in [4.69, 9.17) is 17.2 Å². The second kappa shape index (κ2) is 10.3. The van der Waals surface area contributed by atoms with Gasteiger partial charge in [0.2, 0.25) is 5.91 Å². The van der Waals surface area contributed by atoms with Crippen molar-refractivity contribution in [1.29, 1.82) is 0 Å². The molecule has 8 nitrogen and oxygen atoms in total. The number of carbonyl (C=O) groups excluding carboxylic acids is 1. The van der Waals surface area contributed by atoms with Crippen LogP contribution in [0, 0.1) is 0 Å². The van der Waals surface area contributed by atoms with Crippen molar-refractivity contribution in [3.05, 3.63) is 29.8 Å². The molecule has 0 radical (unpaired) electrons. The number of nitrogens with zero attached hydrogens (tertiary/aromatic N) is 3. The second-order valence-electron chi connectivity index (χ2n) is 9.36. The minimum atomic E-state index is -0.604. The highest BCUT2D eigenvalue weighted by Crippen LogP contribution is 2.26. The largest absolute Gasteiger partial charge is 0.326 e. The molecule has 0 spiro atoms. The molecule has 0 aliphatic heterocycles. The first-order chi connectivity index (χ1) is 14.1. The van der Waals surface area contributed by atoms with Gasteiger partial charge in [-0.3, -0.25) is 4.79 Å². The molecule has 2 aromatic rings. The van der Waals surface area contributed by atoms with Gasteiger partial charge in [0, 0.05) is 18.5 Å². The number of hydrogen-bond donors (Lipinski definition) is 4. The Morgan fingerprint density at radius 3 is 2.37 bits per heavy atom. The zero-order valence-corrected chi connectivity index (χ0v) is 18.8. The number of hydrogen-bond acceptors (Lipinski definition) is 6. The van der Waals surface area contributed by atoms with Gasteiger partial charge in [0.1, 0.15) is 0 Å². The average molecular weight is 417 g/mol. The molecule has 8 heteroatoms. The standard InChI is InChI=1S/C22H37N7O/c1-22(2,3)17-7-8-19-16(14-17)15-20(28-27-19)26-21(30)18(25)6-5-11-29(4,12-9-23)13-10-24/h7-8,14-15,18H,5-6,9-13,23-25H2,1-4H3/p+1/t18-/m1/s1. The van der Waals surface area contributed by atoms with Gasteiger partial charge in [-0.15, -0.1) is 10.2 Å². The fraction of sp³-hybridized carbons (Fsp3) is 0.591. The zero-order valence-electron chi connectivity index (χ0n) is 18.8. The summed E-state index contributed by atoms with van der Waals surface area (Å²) in [6.45, 7) is 10.3. The fourth-order valence-electron chi connectivity index (χ4n) is 3.57. The summed E-state index contributed by atoms with van der Waals surface area (Å²) in [6, 6.07) is 7.35. The van der Waals surface area contributed by atoms with Crippen molar-refractivity contribution in [3.8, 4) is 0 Å². The third kappa shape index (κ3) is 6.70. The van der Waals surface area contributed by atoms with Crippen LogP contribution in [0.5, 0.6) is 0 Å². The maximum absolute atomic E-state index is 12.5.